The van der Waals surface area contributed by atoms with Gasteiger partial charge in [0.15, 0.2) is 0 Å². The molecule has 2 aliphatic rings. The molecule has 156 valence electrons. The number of hydrogen-bond acceptors (Lipinski definition) is 3. The standard InChI is InChI=1S/C23H20F3NO3/c24-23(25,26)16-7-9-18-15(4-2-10-30-21(18)12-16)11-22(29)27-20-5-1-3-14-6-8-17(28)13-19(14)20/h1,3,5,7,9,11-12H,2,4,6,8,10,13H2,(H,27,29)/b15-11+. The summed E-state index contributed by atoms with van der Waals surface area (Å²) in [5, 5.41) is 2.84. The maximum Gasteiger partial charge on any atom is 0.416 e. The molecule has 0 aromatic heterocycles. The minimum Gasteiger partial charge on any atom is -0.493 e. The van der Waals surface area contributed by atoms with Crippen LogP contribution in [0.1, 0.15) is 41.5 Å². The van der Waals surface area contributed by atoms with E-state index in [0.717, 1.165) is 23.3 Å². The minimum atomic E-state index is -4.46. The van der Waals surface area contributed by atoms with Crippen LogP contribution < -0.4 is 10.1 Å². The van der Waals surface area contributed by atoms with Crippen molar-refractivity contribution in [2.45, 2.75) is 38.3 Å². The van der Waals surface area contributed by atoms with E-state index >= 15 is 0 Å². The van der Waals surface area contributed by atoms with Gasteiger partial charge >= 0.3 is 6.18 Å². The Kier molecular flexibility index (Phi) is 5.37. The lowest BCUT2D eigenvalue weighted by Crippen LogP contribution is -2.18. The quantitative estimate of drug-likeness (QED) is 0.706. The number of Topliss-reactive ketones (excluding diaryl/α,β-unsaturated/α-hetero) is 1. The summed E-state index contributed by atoms with van der Waals surface area (Å²) in [5.74, 6) is -0.119. The molecule has 1 amide bonds. The van der Waals surface area contributed by atoms with E-state index in [1.54, 1.807) is 6.07 Å². The van der Waals surface area contributed by atoms with Crippen LogP contribution in [0.4, 0.5) is 18.9 Å². The fourth-order valence-corrected chi connectivity index (χ4v) is 3.89. The Balaban J connectivity index is 1.61. The predicted molar refractivity (Wildman–Crippen MR) is 106 cm³/mol. The highest BCUT2D eigenvalue weighted by molar-refractivity contribution is 6.05. The van der Waals surface area contributed by atoms with Gasteiger partial charge in [-0.15, -0.1) is 0 Å². The molecule has 0 unspecified atom stereocenters. The van der Waals surface area contributed by atoms with Crippen LogP contribution in [-0.4, -0.2) is 18.3 Å². The van der Waals surface area contributed by atoms with Crippen LogP contribution in [0.25, 0.3) is 5.57 Å². The van der Waals surface area contributed by atoms with E-state index in [4.69, 9.17) is 4.74 Å². The van der Waals surface area contributed by atoms with E-state index in [-0.39, 0.29) is 24.0 Å². The summed E-state index contributed by atoms with van der Waals surface area (Å²) in [5.41, 5.74) is 2.80. The average molecular weight is 415 g/mol. The van der Waals surface area contributed by atoms with Gasteiger partial charge in [-0.05, 0) is 54.2 Å². The van der Waals surface area contributed by atoms with Gasteiger partial charge in [0.05, 0.1) is 12.2 Å². The number of carbonyl (C=O) groups is 2. The molecule has 4 nitrogen and oxygen atoms in total. The summed E-state index contributed by atoms with van der Waals surface area (Å²) in [6.07, 6.45) is -0.502. The molecule has 0 fully saturated rings. The molecule has 2 aromatic carbocycles. The van der Waals surface area contributed by atoms with Crippen LogP contribution in [-0.2, 0) is 28.6 Å². The van der Waals surface area contributed by atoms with Crippen molar-refractivity contribution in [3.05, 3.63) is 64.7 Å². The van der Waals surface area contributed by atoms with E-state index in [9.17, 15) is 22.8 Å². The van der Waals surface area contributed by atoms with Crippen molar-refractivity contribution >= 4 is 23.0 Å². The lowest BCUT2D eigenvalue weighted by atomic mass is 9.89. The summed E-state index contributed by atoms with van der Waals surface area (Å²) in [6, 6.07) is 8.88. The number of anilines is 1. The molecule has 30 heavy (non-hydrogen) atoms. The zero-order valence-corrected chi connectivity index (χ0v) is 16.1. The first-order valence-corrected chi connectivity index (χ1v) is 9.80. The zero-order valence-electron chi connectivity index (χ0n) is 16.1. The van der Waals surface area contributed by atoms with Gasteiger partial charge in [-0.25, -0.2) is 0 Å². The van der Waals surface area contributed by atoms with Crippen molar-refractivity contribution in [2.24, 2.45) is 0 Å². The number of rotatable bonds is 2. The summed E-state index contributed by atoms with van der Waals surface area (Å²) in [7, 11) is 0. The van der Waals surface area contributed by atoms with Crippen LogP contribution in [0.3, 0.4) is 0 Å². The van der Waals surface area contributed by atoms with Crippen molar-refractivity contribution in [3.8, 4) is 5.75 Å². The van der Waals surface area contributed by atoms with Crippen LogP contribution in [0.5, 0.6) is 5.75 Å². The van der Waals surface area contributed by atoms with Crippen molar-refractivity contribution in [2.75, 3.05) is 11.9 Å². The highest BCUT2D eigenvalue weighted by Gasteiger charge is 2.32. The van der Waals surface area contributed by atoms with Crippen molar-refractivity contribution in [1.82, 2.24) is 0 Å². The number of allylic oxidation sites excluding steroid dienone is 1. The van der Waals surface area contributed by atoms with Gasteiger partial charge in [0.2, 0.25) is 5.91 Å². The lowest BCUT2D eigenvalue weighted by Gasteiger charge is -2.18. The molecule has 1 N–H and O–H groups in total. The van der Waals surface area contributed by atoms with E-state index < -0.39 is 11.7 Å². The largest absolute Gasteiger partial charge is 0.493 e. The molecular weight excluding hydrogens is 395 g/mol. The number of amides is 1. The Hall–Kier alpha value is -3.09. The second-order valence-electron chi connectivity index (χ2n) is 7.48. The topological polar surface area (TPSA) is 55.4 Å². The molecule has 0 saturated carbocycles. The van der Waals surface area contributed by atoms with Gasteiger partial charge in [-0.1, -0.05) is 18.2 Å². The van der Waals surface area contributed by atoms with Gasteiger partial charge in [0.25, 0.3) is 0 Å². The molecule has 2 aromatic rings. The van der Waals surface area contributed by atoms with Crippen LogP contribution in [0.2, 0.25) is 0 Å². The molecule has 7 heteroatoms. The normalized spacial score (nSPS) is 17.6. The van der Waals surface area contributed by atoms with Gasteiger partial charge < -0.3 is 10.1 Å². The molecule has 0 saturated heterocycles. The molecule has 1 aliphatic carbocycles. The monoisotopic (exact) mass is 415 g/mol. The Bertz CT molecular complexity index is 1040. The molecule has 0 spiro atoms. The van der Waals surface area contributed by atoms with Crippen molar-refractivity contribution < 1.29 is 27.5 Å². The molecule has 1 heterocycles. The minimum absolute atomic E-state index is 0.129. The maximum atomic E-state index is 13.0. The van der Waals surface area contributed by atoms with Crippen LogP contribution in [0, 0.1) is 0 Å². The van der Waals surface area contributed by atoms with E-state index in [1.807, 2.05) is 12.1 Å². The number of nitrogens with one attached hydrogen (secondary N) is 1. The van der Waals surface area contributed by atoms with E-state index in [0.29, 0.717) is 48.9 Å². The summed E-state index contributed by atoms with van der Waals surface area (Å²) < 4.78 is 44.5. The van der Waals surface area contributed by atoms with Gasteiger partial charge in [-0.2, -0.15) is 13.2 Å². The Morgan fingerprint density at radius 2 is 1.93 bits per heavy atom. The molecule has 1 aliphatic heterocycles. The number of fused-ring (bicyclic) bond motifs is 2. The highest BCUT2D eigenvalue weighted by atomic mass is 19.4. The number of alkyl halides is 3. The van der Waals surface area contributed by atoms with Gasteiger partial charge in [0, 0.05) is 30.2 Å². The molecule has 0 radical (unpaired) electrons. The van der Waals surface area contributed by atoms with Gasteiger partial charge in [0.1, 0.15) is 11.5 Å². The number of halogens is 3. The summed E-state index contributed by atoms with van der Waals surface area (Å²) in [6.45, 7) is 0.279. The third-order valence-electron chi connectivity index (χ3n) is 5.39. The lowest BCUT2D eigenvalue weighted by molar-refractivity contribution is -0.137. The van der Waals surface area contributed by atoms with Gasteiger partial charge in [-0.3, -0.25) is 9.59 Å². The third kappa shape index (κ3) is 4.25. The zero-order chi connectivity index (χ0) is 21.3. The third-order valence-corrected chi connectivity index (χ3v) is 5.39. The molecule has 0 bridgehead atoms. The number of benzene rings is 2. The number of ketones is 1. The predicted octanol–water partition coefficient (Wildman–Crippen LogP) is 4.96. The Morgan fingerprint density at radius 3 is 2.73 bits per heavy atom. The first-order valence-electron chi connectivity index (χ1n) is 9.80. The summed E-state index contributed by atoms with van der Waals surface area (Å²) in [4.78, 5) is 24.5. The second kappa shape index (κ2) is 7.97. The van der Waals surface area contributed by atoms with Crippen molar-refractivity contribution in [3.63, 3.8) is 0 Å². The number of carbonyl (C=O) groups excluding carboxylic acids is 2. The fourth-order valence-electron chi connectivity index (χ4n) is 3.89. The van der Waals surface area contributed by atoms with Crippen LogP contribution in [0.15, 0.2) is 42.5 Å². The average Bonchev–Trinajstić information content (AvgIpc) is 2.89. The maximum absolute atomic E-state index is 13.0. The second-order valence-corrected chi connectivity index (χ2v) is 7.48. The molecule has 4 rings (SSSR count). The summed E-state index contributed by atoms with van der Waals surface area (Å²) >= 11 is 0. The smallest absolute Gasteiger partial charge is 0.416 e. The van der Waals surface area contributed by atoms with E-state index in [2.05, 4.69) is 5.32 Å². The number of aryl methyl sites for hydroxylation is 1. The molecular formula is C23H20F3NO3. The number of hydrogen-bond donors (Lipinski definition) is 1. The van der Waals surface area contributed by atoms with E-state index in [1.165, 1.54) is 12.1 Å². The van der Waals surface area contributed by atoms with Crippen LogP contribution >= 0.6 is 0 Å². The van der Waals surface area contributed by atoms with Crippen molar-refractivity contribution in [1.29, 1.82) is 0 Å². The first kappa shape index (κ1) is 20.2. The highest BCUT2D eigenvalue weighted by Crippen LogP contribution is 2.38. The fraction of sp³-hybridized carbons (Fsp3) is 0.304. The first-order chi connectivity index (χ1) is 14.3. The Labute approximate surface area is 171 Å². The molecule has 0 atom stereocenters. The Morgan fingerprint density at radius 1 is 1.10 bits per heavy atom. The SMILES string of the molecule is O=C1CCc2cccc(NC(=O)/C=C3\CCCOc4cc(C(F)(F)F)ccc43)c2C1. The number of ether oxygens (including phenoxy) is 1.